The van der Waals surface area contributed by atoms with Crippen molar-refractivity contribution in [2.24, 2.45) is 11.7 Å². The van der Waals surface area contributed by atoms with Gasteiger partial charge < -0.3 is 10.6 Å². The van der Waals surface area contributed by atoms with E-state index in [1.54, 1.807) is 0 Å². The molecule has 0 radical (unpaired) electrons. The average Bonchev–Trinajstić information content (AvgIpc) is 2.07. The van der Waals surface area contributed by atoms with Crippen molar-refractivity contribution in [2.75, 3.05) is 0 Å². The molecule has 1 aliphatic rings. The summed E-state index contributed by atoms with van der Waals surface area (Å²) in [6, 6.07) is 0.710. The van der Waals surface area contributed by atoms with Gasteiger partial charge in [-0.1, -0.05) is 6.92 Å². The van der Waals surface area contributed by atoms with Crippen LogP contribution in [-0.2, 0) is 4.79 Å². The molecule has 1 aliphatic carbocycles. The molecule has 0 aromatic rings. The van der Waals surface area contributed by atoms with Crippen LogP contribution in [0.25, 0.3) is 0 Å². The molecule has 4 heteroatoms. The smallest absolute Gasteiger partial charge is 0.227 e. The van der Waals surface area contributed by atoms with Crippen molar-refractivity contribution in [3.8, 4) is 0 Å². The van der Waals surface area contributed by atoms with Gasteiger partial charge in [0.15, 0.2) is 0 Å². The van der Waals surface area contributed by atoms with E-state index in [1.807, 2.05) is 18.7 Å². The van der Waals surface area contributed by atoms with Gasteiger partial charge in [-0.3, -0.25) is 4.79 Å². The fraction of sp³-hybridized carbons (Fsp3) is 0.917. The standard InChI is InChI=1S/C12H24N2O.ClH/c1-8(2)14(11-6-5-7-11)12(15)9(3)10(4)13;/h8-11H,5-7,13H2,1-4H3;1H. The number of nitrogens with zero attached hydrogens (tertiary/aromatic N) is 1. The van der Waals surface area contributed by atoms with Crippen LogP contribution in [0.2, 0.25) is 0 Å². The predicted octanol–water partition coefficient (Wildman–Crippen LogP) is 2.18. The molecule has 0 aromatic heterocycles. The molecule has 2 unspecified atom stereocenters. The third-order valence-corrected chi connectivity index (χ3v) is 3.46. The summed E-state index contributed by atoms with van der Waals surface area (Å²) in [6.07, 6.45) is 3.58. The fourth-order valence-corrected chi connectivity index (χ4v) is 1.98. The topological polar surface area (TPSA) is 46.3 Å². The van der Waals surface area contributed by atoms with Crippen LogP contribution < -0.4 is 5.73 Å². The summed E-state index contributed by atoms with van der Waals surface area (Å²) in [5, 5.41) is 0. The number of amides is 1. The van der Waals surface area contributed by atoms with E-state index in [2.05, 4.69) is 13.8 Å². The molecule has 0 spiro atoms. The zero-order chi connectivity index (χ0) is 11.6. The zero-order valence-electron chi connectivity index (χ0n) is 10.8. The number of halogens is 1. The van der Waals surface area contributed by atoms with E-state index in [9.17, 15) is 4.79 Å². The molecule has 1 fully saturated rings. The van der Waals surface area contributed by atoms with Crippen molar-refractivity contribution in [1.29, 1.82) is 0 Å². The van der Waals surface area contributed by atoms with Crippen molar-refractivity contribution < 1.29 is 4.79 Å². The summed E-state index contributed by atoms with van der Waals surface area (Å²) >= 11 is 0. The number of carbonyl (C=O) groups is 1. The summed E-state index contributed by atoms with van der Waals surface area (Å²) in [7, 11) is 0. The normalized spacial score (nSPS) is 19.6. The van der Waals surface area contributed by atoms with E-state index in [1.165, 1.54) is 6.42 Å². The lowest BCUT2D eigenvalue weighted by Gasteiger charge is -2.42. The summed E-state index contributed by atoms with van der Waals surface area (Å²) in [4.78, 5) is 14.2. The monoisotopic (exact) mass is 248 g/mol. The van der Waals surface area contributed by atoms with Gasteiger partial charge in [-0.2, -0.15) is 0 Å². The average molecular weight is 249 g/mol. The zero-order valence-corrected chi connectivity index (χ0v) is 11.6. The number of hydrogen-bond donors (Lipinski definition) is 1. The highest BCUT2D eigenvalue weighted by molar-refractivity contribution is 5.85. The Morgan fingerprint density at radius 2 is 1.75 bits per heavy atom. The molecule has 96 valence electrons. The van der Waals surface area contributed by atoms with Crippen LogP contribution in [0.4, 0.5) is 0 Å². The molecule has 0 aliphatic heterocycles. The summed E-state index contributed by atoms with van der Waals surface area (Å²) in [5.41, 5.74) is 5.79. The highest BCUT2D eigenvalue weighted by atomic mass is 35.5. The van der Waals surface area contributed by atoms with Crippen LogP contribution in [-0.4, -0.2) is 28.9 Å². The molecule has 0 bridgehead atoms. The van der Waals surface area contributed by atoms with Gasteiger partial charge in [0.05, 0.1) is 5.92 Å². The molecule has 2 N–H and O–H groups in total. The van der Waals surface area contributed by atoms with Crippen molar-refractivity contribution in [3.63, 3.8) is 0 Å². The molecule has 1 saturated carbocycles. The molecule has 1 amide bonds. The third-order valence-electron chi connectivity index (χ3n) is 3.46. The van der Waals surface area contributed by atoms with Crippen LogP contribution >= 0.6 is 12.4 Å². The Hall–Kier alpha value is -0.280. The number of carbonyl (C=O) groups excluding carboxylic acids is 1. The first-order valence-corrected chi connectivity index (χ1v) is 6.03. The van der Waals surface area contributed by atoms with Gasteiger partial charge >= 0.3 is 0 Å². The third kappa shape index (κ3) is 3.36. The van der Waals surface area contributed by atoms with Crippen LogP contribution in [0.15, 0.2) is 0 Å². The summed E-state index contributed by atoms with van der Waals surface area (Å²) in [5.74, 6) is 0.165. The minimum absolute atomic E-state index is 0. The van der Waals surface area contributed by atoms with E-state index in [0.29, 0.717) is 12.1 Å². The molecule has 1 rings (SSSR count). The van der Waals surface area contributed by atoms with Crippen molar-refractivity contribution >= 4 is 18.3 Å². The second-order valence-electron chi connectivity index (χ2n) is 5.07. The van der Waals surface area contributed by atoms with Crippen molar-refractivity contribution in [2.45, 2.75) is 65.1 Å². The maximum Gasteiger partial charge on any atom is 0.227 e. The van der Waals surface area contributed by atoms with Gasteiger partial charge in [0.1, 0.15) is 0 Å². The van der Waals surface area contributed by atoms with Gasteiger partial charge in [-0.05, 0) is 40.0 Å². The highest BCUT2D eigenvalue weighted by Crippen LogP contribution is 2.28. The van der Waals surface area contributed by atoms with Crippen LogP contribution in [0.1, 0.15) is 47.0 Å². The van der Waals surface area contributed by atoms with Gasteiger partial charge in [0, 0.05) is 18.1 Å². The first kappa shape index (κ1) is 15.7. The number of rotatable bonds is 4. The predicted molar refractivity (Wildman–Crippen MR) is 69.7 cm³/mol. The quantitative estimate of drug-likeness (QED) is 0.829. The maximum absolute atomic E-state index is 12.2. The molecule has 0 saturated heterocycles. The summed E-state index contributed by atoms with van der Waals surface area (Å²) in [6.45, 7) is 8.01. The summed E-state index contributed by atoms with van der Waals surface area (Å²) < 4.78 is 0. The lowest BCUT2D eigenvalue weighted by molar-refractivity contribution is -0.141. The maximum atomic E-state index is 12.2. The van der Waals surface area contributed by atoms with E-state index in [0.717, 1.165) is 12.8 Å². The second-order valence-corrected chi connectivity index (χ2v) is 5.07. The minimum Gasteiger partial charge on any atom is -0.337 e. The van der Waals surface area contributed by atoms with E-state index in [4.69, 9.17) is 5.73 Å². The van der Waals surface area contributed by atoms with Crippen molar-refractivity contribution in [3.05, 3.63) is 0 Å². The molecule has 2 atom stereocenters. The van der Waals surface area contributed by atoms with E-state index in [-0.39, 0.29) is 30.3 Å². The SMILES string of the molecule is CC(N)C(C)C(=O)N(C(C)C)C1CCC1.Cl. The lowest BCUT2D eigenvalue weighted by atomic mass is 9.89. The van der Waals surface area contributed by atoms with Gasteiger partial charge in [0.25, 0.3) is 0 Å². The Morgan fingerprint density at radius 1 is 1.25 bits per heavy atom. The molecular weight excluding hydrogens is 224 g/mol. The molecule has 16 heavy (non-hydrogen) atoms. The van der Waals surface area contributed by atoms with Crippen LogP contribution in [0.5, 0.6) is 0 Å². The van der Waals surface area contributed by atoms with Gasteiger partial charge in [-0.15, -0.1) is 12.4 Å². The van der Waals surface area contributed by atoms with Crippen LogP contribution in [0.3, 0.4) is 0 Å². The Bertz CT molecular complexity index is 227. The largest absolute Gasteiger partial charge is 0.337 e. The van der Waals surface area contributed by atoms with E-state index < -0.39 is 0 Å². The second kappa shape index (κ2) is 6.45. The lowest BCUT2D eigenvalue weighted by Crippen LogP contribution is -2.52. The Morgan fingerprint density at radius 3 is 2.00 bits per heavy atom. The Kier molecular flexibility index (Phi) is 6.34. The molecule has 3 nitrogen and oxygen atoms in total. The first-order chi connectivity index (χ1) is 6.95. The van der Waals surface area contributed by atoms with E-state index >= 15 is 0 Å². The van der Waals surface area contributed by atoms with Crippen molar-refractivity contribution in [1.82, 2.24) is 4.90 Å². The molecule has 0 heterocycles. The fourth-order valence-electron chi connectivity index (χ4n) is 1.98. The van der Waals surface area contributed by atoms with Gasteiger partial charge in [-0.25, -0.2) is 0 Å². The van der Waals surface area contributed by atoms with Crippen LogP contribution in [0, 0.1) is 5.92 Å². The Labute approximate surface area is 105 Å². The molecule has 0 aromatic carbocycles. The highest BCUT2D eigenvalue weighted by Gasteiger charge is 2.33. The molecular formula is C12H25ClN2O. The minimum atomic E-state index is -0.0620. The Balaban J connectivity index is 0.00000225. The first-order valence-electron chi connectivity index (χ1n) is 6.03. The number of hydrogen-bond acceptors (Lipinski definition) is 2. The number of nitrogens with two attached hydrogens (primary N) is 1. The van der Waals surface area contributed by atoms with Gasteiger partial charge in [0.2, 0.25) is 5.91 Å².